The molecule has 0 radical (unpaired) electrons. The molecule has 4 aromatic rings. The Morgan fingerprint density at radius 3 is 2.46 bits per heavy atom. The maximum absolute atomic E-state index is 13.7. The van der Waals surface area contributed by atoms with Crippen LogP contribution in [0, 0.1) is 0 Å². The summed E-state index contributed by atoms with van der Waals surface area (Å²) in [6, 6.07) is 18.1. The van der Waals surface area contributed by atoms with Crippen LogP contribution in [-0.4, -0.2) is 51.7 Å². The first-order valence-electron chi connectivity index (χ1n) is 13.0. The lowest BCUT2D eigenvalue weighted by atomic mass is 10.0. The van der Waals surface area contributed by atoms with Crippen molar-refractivity contribution in [3.8, 4) is 0 Å². The van der Waals surface area contributed by atoms with Gasteiger partial charge >= 0.3 is 5.97 Å². The lowest BCUT2D eigenvalue weighted by Gasteiger charge is -2.35. The van der Waals surface area contributed by atoms with Crippen LogP contribution in [0.5, 0.6) is 0 Å². The molecule has 5 rings (SSSR count). The minimum atomic E-state index is -0.612. The van der Waals surface area contributed by atoms with Gasteiger partial charge in [0.15, 0.2) is 0 Å². The molecule has 0 bridgehead atoms. The van der Waals surface area contributed by atoms with Crippen molar-refractivity contribution < 1.29 is 18.8 Å². The van der Waals surface area contributed by atoms with Crippen LogP contribution in [0.3, 0.4) is 0 Å². The largest absolute Gasteiger partial charge is 0.456 e. The summed E-state index contributed by atoms with van der Waals surface area (Å²) in [7, 11) is 0. The van der Waals surface area contributed by atoms with E-state index in [2.05, 4.69) is 29.2 Å². The van der Waals surface area contributed by atoms with E-state index < -0.39 is 12.0 Å². The highest BCUT2D eigenvalue weighted by Gasteiger charge is 2.32. The van der Waals surface area contributed by atoms with Gasteiger partial charge in [0.2, 0.25) is 0 Å². The highest BCUT2D eigenvalue weighted by atomic mass is 35.5. The number of carbonyl (C=O) groups excluding carboxylic acids is 2. The lowest BCUT2D eigenvalue weighted by molar-refractivity contribution is 0.0459. The van der Waals surface area contributed by atoms with Crippen molar-refractivity contribution in [2.45, 2.75) is 51.4 Å². The van der Waals surface area contributed by atoms with Gasteiger partial charge in [-0.1, -0.05) is 47.1 Å². The third kappa shape index (κ3) is 6.27. The van der Waals surface area contributed by atoms with Gasteiger partial charge in [0.25, 0.3) is 5.91 Å². The van der Waals surface area contributed by atoms with Crippen molar-refractivity contribution in [2.24, 2.45) is 0 Å². The van der Waals surface area contributed by atoms with Crippen LogP contribution < -0.4 is 5.32 Å². The second kappa shape index (κ2) is 12.2. The Hall–Kier alpha value is -3.40. The van der Waals surface area contributed by atoms with Crippen LogP contribution in [0.15, 0.2) is 71.4 Å². The van der Waals surface area contributed by atoms with Crippen LogP contribution in [0.2, 0.25) is 4.34 Å². The zero-order chi connectivity index (χ0) is 27.4. The molecule has 4 heterocycles. The van der Waals surface area contributed by atoms with Crippen molar-refractivity contribution in [2.75, 3.05) is 13.1 Å². The molecular formula is C29H31ClN4O4S. The van der Waals surface area contributed by atoms with Gasteiger partial charge in [-0.15, -0.1) is 11.3 Å². The number of hydrogen-bond acceptors (Lipinski definition) is 7. The fourth-order valence-electron chi connectivity index (χ4n) is 4.94. The number of aromatic nitrogens is 2. The number of carbonyl (C=O) groups is 2. The quantitative estimate of drug-likeness (QED) is 0.258. The molecule has 1 fully saturated rings. The number of hydrogen-bond donors (Lipinski definition) is 1. The Kier molecular flexibility index (Phi) is 8.50. The normalized spacial score (nSPS) is 15.4. The first kappa shape index (κ1) is 27.2. The van der Waals surface area contributed by atoms with Gasteiger partial charge in [-0.05, 0) is 56.5 Å². The molecule has 1 unspecified atom stereocenters. The fraction of sp³-hybridized carbons (Fsp3) is 0.345. The molecular weight excluding hydrogens is 536 g/mol. The Morgan fingerprint density at radius 1 is 1.08 bits per heavy atom. The molecule has 39 heavy (non-hydrogen) atoms. The Bertz CT molecular complexity index is 1390. The zero-order valence-electron chi connectivity index (χ0n) is 21.9. The van der Waals surface area contributed by atoms with Crippen molar-refractivity contribution in [3.05, 3.63) is 98.8 Å². The number of thiophene rings is 1. The average Bonchev–Trinajstić information content (AvgIpc) is 3.71. The monoisotopic (exact) mass is 566 g/mol. The number of rotatable bonds is 9. The Balaban J connectivity index is 1.48. The molecule has 204 valence electrons. The van der Waals surface area contributed by atoms with Gasteiger partial charge in [0.1, 0.15) is 36.0 Å². The predicted molar refractivity (Wildman–Crippen MR) is 150 cm³/mol. The van der Waals surface area contributed by atoms with Crippen molar-refractivity contribution in [1.82, 2.24) is 19.9 Å². The van der Waals surface area contributed by atoms with Gasteiger partial charge in [0.05, 0.1) is 4.34 Å². The number of esters is 1. The molecule has 3 aromatic heterocycles. The fourth-order valence-corrected chi connectivity index (χ4v) is 6.10. The maximum atomic E-state index is 13.7. The summed E-state index contributed by atoms with van der Waals surface area (Å²) in [5, 5.41) is 7.37. The summed E-state index contributed by atoms with van der Waals surface area (Å²) in [4.78, 5) is 30.4. The Labute approximate surface area is 236 Å². The number of ether oxygens (including phenoxy) is 1. The summed E-state index contributed by atoms with van der Waals surface area (Å²) in [5.41, 5.74) is 1.99. The molecule has 0 aliphatic carbocycles. The van der Waals surface area contributed by atoms with Crippen LogP contribution in [-0.2, 0) is 11.3 Å². The molecule has 1 aromatic carbocycles. The first-order chi connectivity index (χ1) is 18.9. The smallest absolute Gasteiger partial charge is 0.355 e. The second-order valence-corrected chi connectivity index (χ2v) is 11.6. The molecule has 1 atom stereocenters. The molecule has 0 saturated carbocycles. The highest BCUT2D eigenvalue weighted by Crippen LogP contribution is 2.36. The van der Waals surface area contributed by atoms with E-state index in [-0.39, 0.29) is 24.2 Å². The number of nitrogens with zero attached hydrogens (tertiary/aromatic N) is 3. The van der Waals surface area contributed by atoms with Gasteiger partial charge in [-0.25, -0.2) is 4.79 Å². The first-order valence-corrected chi connectivity index (χ1v) is 14.2. The molecule has 8 nitrogen and oxygen atoms in total. The standard InChI is InChI=1S/C29H31ClN4O4S/c1-19(2)33-15-12-21(13-16-33)31-28(35)23-8-9-24(29(36)37-18-20-6-4-3-5-7-20)34(23)27(22-14-17-38-32-22)25-10-11-26(30)39-25/h3-11,14,17,19,21,27H,12-13,15-16,18H2,1-2H3,(H,31,35). The van der Waals surface area contributed by atoms with Crippen LogP contribution in [0.25, 0.3) is 0 Å². The Morgan fingerprint density at radius 2 is 1.82 bits per heavy atom. The second-order valence-electron chi connectivity index (χ2n) is 9.88. The number of nitrogens with one attached hydrogen (secondary N) is 1. The van der Waals surface area contributed by atoms with Crippen LogP contribution >= 0.6 is 22.9 Å². The number of amides is 1. The van der Waals surface area contributed by atoms with Crippen LogP contribution in [0.1, 0.15) is 69.8 Å². The summed E-state index contributed by atoms with van der Waals surface area (Å²) >= 11 is 7.66. The van der Waals surface area contributed by atoms with E-state index in [1.165, 1.54) is 17.6 Å². The van der Waals surface area contributed by atoms with Crippen molar-refractivity contribution in [1.29, 1.82) is 0 Å². The molecule has 1 aliphatic heterocycles. The number of halogens is 1. The third-order valence-electron chi connectivity index (χ3n) is 7.03. The van der Waals surface area contributed by atoms with E-state index in [0.717, 1.165) is 36.4 Å². The maximum Gasteiger partial charge on any atom is 0.355 e. The summed E-state index contributed by atoms with van der Waals surface area (Å²) in [6.07, 6.45) is 3.20. The summed E-state index contributed by atoms with van der Waals surface area (Å²) in [6.45, 7) is 6.34. The topological polar surface area (TPSA) is 89.6 Å². The molecule has 10 heteroatoms. The van der Waals surface area contributed by atoms with E-state index in [4.69, 9.17) is 20.9 Å². The van der Waals surface area contributed by atoms with E-state index in [1.807, 2.05) is 36.4 Å². The molecule has 1 aliphatic rings. The zero-order valence-corrected chi connectivity index (χ0v) is 23.5. The molecule has 1 amide bonds. The summed E-state index contributed by atoms with van der Waals surface area (Å²) in [5.74, 6) is -0.796. The van der Waals surface area contributed by atoms with E-state index in [0.29, 0.717) is 21.8 Å². The van der Waals surface area contributed by atoms with E-state index in [1.54, 1.807) is 28.8 Å². The summed E-state index contributed by atoms with van der Waals surface area (Å²) < 4.78 is 13.1. The van der Waals surface area contributed by atoms with Crippen LogP contribution in [0.4, 0.5) is 0 Å². The minimum absolute atomic E-state index is 0.0472. The number of piperidine rings is 1. The molecule has 0 spiro atoms. The van der Waals surface area contributed by atoms with E-state index >= 15 is 0 Å². The molecule has 1 N–H and O–H groups in total. The van der Waals surface area contributed by atoms with Gasteiger partial charge in [-0.2, -0.15) is 0 Å². The minimum Gasteiger partial charge on any atom is -0.456 e. The van der Waals surface area contributed by atoms with Crippen molar-refractivity contribution >= 4 is 34.8 Å². The van der Waals surface area contributed by atoms with Gasteiger partial charge < -0.3 is 24.0 Å². The van der Waals surface area contributed by atoms with Crippen molar-refractivity contribution in [3.63, 3.8) is 0 Å². The molecule has 1 saturated heterocycles. The van der Waals surface area contributed by atoms with E-state index in [9.17, 15) is 9.59 Å². The average molecular weight is 567 g/mol. The lowest BCUT2D eigenvalue weighted by Crippen LogP contribution is -2.47. The number of likely N-dealkylation sites (tertiary alicyclic amines) is 1. The van der Waals surface area contributed by atoms with Gasteiger partial charge in [0, 0.05) is 36.1 Å². The predicted octanol–water partition coefficient (Wildman–Crippen LogP) is 5.79. The number of benzene rings is 1. The van der Waals surface area contributed by atoms with Gasteiger partial charge in [-0.3, -0.25) is 4.79 Å². The third-order valence-corrected chi connectivity index (χ3v) is 8.31. The highest BCUT2D eigenvalue weighted by molar-refractivity contribution is 7.16. The SMILES string of the molecule is CC(C)N1CCC(NC(=O)c2ccc(C(=O)OCc3ccccc3)n2C(c2ccon2)c2ccc(Cl)s2)CC1.